The number of phosphoric ester groups is 1. The van der Waals surface area contributed by atoms with Gasteiger partial charge in [0.25, 0.3) is 0 Å². The zero-order valence-electron chi connectivity index (χ0n) is 50.0. The maximum absolute atomic E-state index is 13.5. The lowest BCUT2D eigenvalue weighted by molar-refractivity contribution is -0.870. The van der Waals surface area contributed by atoms with E-state index in [9.17, 15) is 19.0 Å². The molecule has 0 fully saturated rings. The minimum atomic E-state index is -4.46. The summed E-state index contributed by atoms with van der Waals surface area (Å²) in [5.41, 5.74) is 0. The van der Waals surface area contributed by atoms with Gasteiger partial charge in [-0.05, 0) is 109 Å². The topological polar surface area (TPSA) is 111 Å². The number of nitrogens with one attached hydrogen (secondary N) is 1. The van der Waals surface area contributed by atoms with Gasteiger partial charge in [0.2, 0.25) is 5.91 Å². The monoisotopic (exact) mass is 1080 g/mol. The van der Waals surface area contributed by atoms with Gasteiger partial charge >= 0.3 is 13.8 Å². The maximum Gasteiger partial charge on any atom is 0.472 e. The van der Waals surface area contributed by atoms with Crippen molar-refractivity contribution in [2.24, 2.45) is 0 Å². The van der Waals surface area contributed by atoms with Crippen molar-refractivity contribution in [3.8, 4) is 0 Å². The molecular weight excluding hydrogens is 964 g/mol. The fourth-order valence-electron chi connectivity index (χ4n) is 8.47. The number of unbranched alkanes of at least 4 members (excludes halogenated alkanes) is 25. The summed E-state index contributed by atoms with van der Waals surface area (Å²) in [5, 5.41) is 3.05. The maximum atomic E-state index is 13.5. The molecule has 0 aliphatic carbocycles. The van der Waals surface area contributed by atoms with E-state index < -0.39 is 20.0 Å². The Morgan fingerprint density at radius 3 is 1.29 bits per heavy atom. The SMILES string of the molecule is CC/C=C\C/C=C\C/C=C\C/C=C\C/C=C\CCCCCCCC(=O)OC(/C=C/CCCCCCCCCCCC)C(COP(=O)(O)OCC[N+](C)(C)C)NC(=O)CCCCCCCCC/C=C\C/C=C\CCCCC. The summed E-state index contributed by atoms with van der Waals surface area (Å²) in [6.45, 7) is 6.85. The Bertz CT molecular complexity index is 1620. The van der Waals surface area contributed by atoms with Crippen LogP contribution in [0.3, 0.4) is 0 Å². The third-order valence-corrected chi connectivity index (χ3v) is 14.2. The third-order valence-electron chi connectivity index (χ3n) is 13.3. The van der Waals surface area contributed by atoms with Gasteiger partial charge in [0, 0.05) is 12.8 Å². The molecule has 438 valence electrons. The highest BCUT2D eigenvalue weighted by Crippen LogP contribution is 2.43. The number of esters is 1. The fourth-order valence-corrected chi connectivity index (χ4v) is 9.20. The third kappa shape index (κ3) is 55.7. The Balaban J connectivity index is 5.31. The highest BCUT2D eigenvalue weighted by atomic mass is 31.2. The zero-order valence-corrected chi connectivity index (χ0v) is 50.9. The number of carbonyl (C=O) groups is 2. The van der Waals surface area contributed by atoms with Crippen LogP contribution in [0.2, 0.25) is 0 Å². The van der Waals surface area contributed by atoms with Crippen molar-refractivity contribution >= 4 is 19.7 Å². The van der Waals surface area contributed by atoms with Crippen LogP contribution < -0.4 is 5.32 Å². The highest BCUT2D eigenvalue weighted by Gasteiger charge is 2.30. The van der Waals surface area contributed by atoms with E-state index >= 15 is 0 Å². The summed E-state index contributed by atoms with van der Waals surface area (Å²) in [6, 6.07) is -0.866. The van der Waals surface area contributed by atoms with Crippen molar-refractivity contribution in [3.63, 3.8) is 0 Å². The van der Waals surface area contributed by atoms with E-state index in [0.29, 0.717) is 23.9 Å². The Morgan fingerprint density at radius 1 is 0.474 bits per heavy atom. The molecule has 0 spiro atoms. The van der Waals surface area contributed by atoms with Crippen LogP contribution in [0.5, 0.6) is 0 Å². The number of carbonyl (C=O) groups excluding carboxylic acids is 2. The van der Waals surface area contributed by atoms with Crippen LogP contribution in [-0.2, 0) is 27.9 Å². The molecule has 10 heteroatoms. The van der Waals surface area contributed by atoms with Crippen LogP contribution in [0.15, 0.2) is 97.2 Å². The largest absolute Gasteiger partial charge is 0.472 e. The van der Waals surface area contributed by atoms with Crippen LogP contribution in [0, 0.1) is 0 Å². The number of nitrogens with zero attached hydrogens (tertiary/aromatic N) is 1. The van der Waals surface area contributed by atoms with Gasteiger partial charge in [-0.1, -0.05) is 234 Å². The van der Waals surface area contributed by atoms with Gasteiger partial charge in [0.1, 0.15) is 19.3 Å². The molecule has 0 aromatic carbocycles. The van der Waals surface area contributed by atoms with Crippen LogP contribution in [-0.4, -0.2) is 74.3 Å². The van der Waals surface area contributed by atoms with Gasteiger partial charge in [0.15, 0.2) is 0 Å². The molecule has 0 aliphatic rings. The number of amides is 1. The van der Waals surface area contributed by atoms with Crippen molar-refractivity contribution in [1.82, 2.24) is 5.32 Å². The van der Waals surface area contributed by atoms with Crippen LogP contribution in [0.1, 0.15) is 258 Å². The van der Waals surface area contributed by atoms with Gasteiger partial charge in [-0.25, -0.2) is 4.57 Å². The molecule has 0 rings (SSSR count). The molecule has 0 aromatic rings. The average molecular weight is 1080 g/mol. The van der Waals surface area contributed by atoms with E-state index in [1.54, 1.807) is 0 Å². The van der Waals surface area contributed by atoms with E-state index in [0.717, 1.165) is 122 Å². The smallest absolute Gasteiger partial charge is 0.456 e. The average Bonchev–Trinajstić information content (AvgIpc) is 3.38. The molecule has 0 saturated heterocycles. The quantitative estimate of drug-likeness (QED) is 0.0205. The van der Waals surface area contributed by atoms with Gasteiger partial charge in [-0.15, -0.1) is 0 Å². The van der Waals surface area contributed by atoms with Gasteiger partial charge in [-0.3, -0.25) is 18.6 Å². The van der Waals surface area contributed by atoms with Gasteiger partial charge < -0.3 is 19.4 Å². The molecule has 0 bridgehead atoms. The first-order chi connectivity index (χ1) is 36.9. The lowest BCUT2D eigenvalue weighted by atomic mass is 10.0. The Morgan fingerprint density at radius 2 is 0.842 bits per heavy atom. The zero-order chi connectivity index (χ0) is 55.7. The molecular formula is C66H118N2O7P+. The molecule has 9 nitrogen and oxygen atoms in total. The molecule has 0 heterocycles. The second-order valence-electron chi connectivity index (χ2n) is 21.8. The van der Waals surface area contributed by atoms with Crippen molar-refractivity contribution in [3.05, 3.63) is 97.2 Å². The number of allylic oxidation sites excluding steroid dienone is 15. The van der Waals surface area contributed by atoms with Crippen LogP contribution in [0.4, 0.5) is 0 Å². The van der Waals surface area contributed by atoms with Crippen molar-refractivity contribution in [2.75, 3.05) is 40.9 Å². The minimum Gasteiger partial charge on any atom is -0.456 e. The Labute approximate surface area is 468 Å². The number of quaternary nitrogens is 1. The second-order valence-corrected chi connectivity index (χ2v) is 23.3. The van der Waals surface area contributed by atoms with E-state index in [2.05, 4.69) is 111 Å². The minimum absolute atomic E-state index is 0.0308. The molecule has 1 amide bonds. The Kier molecular flexibility index (Phi) is 53.0. The number of rotatable bonds is 55. The summed E-state index contributed by atoms with van der Waals surface area (Å²) in [4.78, 5) is 37.7. The summed E-state index contributed by atoms with van der Waals surface area (Å²) < 4.78 is 30.7. The standard InChI is InChI=1S/C66H117N2O7P/c1-7-10-13-16-19-22-25-28-30-32-33-34-35-37-39-41-44-47-50-53-56-59-66(70)75-64(57-54-51-48-45-42-27-24-21-18-15-12-9-3)63(62-74-76(71,72)73-61-60-68(4,5)6)67-65(69)58-55-52-49-46-43-40-38-36-31-29-26-23-20-17-14-11-8-2/h10,13,19-20,22-23,28-31,33-34,37,39,54,57,63-64H,7-9,11-12,14-18,21,24-27,32,35-36,38,40-53,55-56,58-62H2,1-6H3,(H-,67,69,71,72)/p+1/b13-10-,22-19-,23-20-,30-28-,31-29-,34-33-,39-37-,57-54+. The fraction of sp³-hybridized carbons (Fsp3) is 0.727. The molecule has 0 radical (unpaired) electrons. The van der Waals surface area contributed by atoms with Crippen molar-refractivity contribution < 1.29 is 37.3 Å². The number of phosphoric acid groups is 1. The second kappa shape index (κ2) is 55.3. The number of likely N-dealkylation sites (N-methyl/N-ethyl adjacent to an activating group) is 1. The summed E-state index contributed by atoms with van der Waals surface area (Å²) in [6.07, 6.45) is 74.0. The lowest BCUT2D eigenvalue weighted by Crippen LogP contribution is -2.47. The van der Waals surface area contributed by atoms with E-state index in [-0.39, 0.29) is 31.5 Å². The van der Waals surface area contributed by atoms with Crippen molar-refractivity contribution in [2.45, 2.75) is 270 Å². The predicted octanol–water partition coefficient (Wildman–Crippen LogP) is 19.2. The molecule has 0 aromatic heterocycles. The molecule has 3 unspecified atom stereocenters. The number of hydrogen-bond acceptors (Lipinski definition) is 6. The molecule has 3 atom stereocenters. The number of hydrogen-bond donors (Lipinski definition) is 2. The summed E-state index contributed by atoms with van der Waals surface area (Å²) in [5.74, 6) is -0.539. The first-order valence-electron chi connectivity index (χ1n) is 31.1. The van der Waals surface area contributed by atoms with Crippen LogP contribution in [0.25, 0.3) is 0 Å². The number of ether oxygens (including phenoxy) is 1. The Hall–Kier alpha value is -3.07. The predicted molar refractivity (Wildman–Crippen MR) is 327 cm³/mol. The normalized spacial score (nSPS) is 14.4. The first-order valence-corrected chi connectivity index (χ1v) is 32.6. The molecule has 76 heavy (non-hydrogen) atoms. The van der Waals surface area contributed by atoms with E-state index in [4.69, 9.17) is 13.8 Å². The van der Waals surface area contributed by atoms with Gasteiger partial charge in [0.05, 0.1) is 33.8 Å². The van der Waals surface area contributed by atoms with E-state index in [1.807, 2.05) is 33.3 Å². The molecule has 0 saturated carbocycles. The summed E-state index contributed by atoms with van der Waals surface area (Å²) in [7, 11) is 1.47. The van der Waals surface area contributed by atoms with Crippen LogP contribution >= 0.6 is 7.82 Å². The van der Waals surface area contributed by atoms with E-state index in [1.165, 1.54) is 96.3 Å². The highest BCUT2D eigenvalue weighted by molar-refractivity contribution is 7.47. The molecule has 0 aliphatic heterocycles. The van der Waals surface area contributed by atoms with Crippen molar-refractivity contribution in [1.29, 1.82) is 0 Å². The summed E-state index contributed by atoms with van der Waals surface area (Å²) >= 11 is 0. The first kappa shape index (κ1) is 72.9. The van der Waals surface area contributed by atoms with Gasteiger partial charge in [-0.2, -0.15) is 0 Å². The molecule has 2 N–H and O–H groups in total. The lowest BCUT2D eigenvalue weighted by Gasteiger charge is -2.27.